The van der Waals surface area contributed by atoms with Crippen LogP contribution in [0.1, 0.15) is 32.3 Å². The molecule has 2 rings (SSSR count). The molecule has 1 N–H and O–H groups in total. The van der Waals surface area contributed by atoms with Gasteiger partial charge in [-0.3, -0.25) is 0 Å². The van der Waals surface area contributed by atoms with E-state index in [0.29, 0.717) is 0 Å². The van der Waals surface area contributed by atoms with Gasteiger partial charge in [-0.25, -0.2) is 0 Å². The molecule has 0 spiro atoms. The molecule has 0 saturated heterocycles. The first-order chi connectivity index (χ1) is 9.27. The van der Waals surface area contributed by atoms with Gasteiger partial charge < -0.3 is 5.32 Å². The van der Waals surface area contributed by atoms with E-state index in [0.717, 1.165) is 19.0 Å². The molecule has 0 radical (unpaired) electrons. The minimum absolute atomic E-state index is 0.748. The van der Waals surface area contributed by atoms with Gasteiger partial charge in [0.2, 0.25) is 0 Å². The van der Waals surface area contributed by atoms with Gasteiger partial charge in [-0.2, -0.15) is 0 Å². The second-order valence-electron chi connectivity index (χ2n) is 5.69. The lowest BCUT2D eigenvalue weighted by atomic mass is 10.0. The van der Waals surface area contributed by atoms with E-state index in [2.05, 4.69) is 61.6 Å². The highest BCUT2D eigenvalue weighted by molar-refractivity contribution is 5.85. The molecule has 0 heterocycles. The summed E-state index contributed by atoms with van der Waals surface area (Å²) in [4.78, 5) is 0. The SMILES string of the molecule is CC(C)CNCCCCc1cccc2ccccc12. The molecule has 0 aliphatic carbocycles. The maximum absolute atomic E-state index is 3.51. The zero-order chi connectivity index (χ0) is 13.5. The fourth-order valence-electron chi connectivity index (χ4n) is 2.47. The highest BCUT2D eigenvalue weighted by Crippen LogP contribution is 2.19. The first-order valence-corrected chi connectivity index (χ1v) is 7.44. The van der Waals surface area contributed by atoms with Crippen molar-refractivity contribution in [1.29, 1.82) is 0 Å². The molecule has 0 aliphatic heterocycles. The van der Waals surface area contributed by atoms with Crippen LogP contribution >= 0.6 is 0 Å². The van der Waals surface area contributed by atoms with E-state index in [-0.39, 0.29) is 0 Å². The van der Waals surface area contributed by atoms with Crippen molar-refractivity contribution in [2.75, 3.05) is 13.1 Å². The van der Waals surface area contributed by atoms with Crippen molar-refractivity contribution in [3.05, 3.63) is 48.0 Å². The average Bonchev–Trinajstić information content (AvgIpc) is 2.42. The zero-order valence-electron chi connectivity index (χ0n) is 12.2. The van der Waals surface area contributed by atoms with Crippen molar-refractivity contribution in [2.24, 2.45) is 5.92 Å². The topological polar surface area (TPSA) is 12.0 Å². The summed E-state index contributed by atoms with van der Waals surface area (Å²) in [6.45, 7) is 6.78. The Balaban J connectivity index is 1.82. The molecule has 0 amide bonds. The van der Waals surface area contributed by atoms with E-state index < -0.39 is 0 Å². The van der Waals surface area contributed by atoms with E-state index >= 15 is 0 Å². The van der Waals surface area contributed by atoms with Crippen LogP contribution in [0.15, 0.2) is 42.5 Å². The van der Waals surface area contributed by atoms with Gasteiger partial charge in [-0.05, 0) is 54.6 Å². The summed E-state index contributed by atoms with van der Waals surface area (Å²) < 4.78 is 0. The van der Waals surface area contributed by atoms with Crippen LogP contribution in [0, 0.1) is 5.92 Å². The van der Waals surface area contributed by atoms with Crippen molar-refractivity contribution in [3.8, 4) is 0 Å². The number of rotatable bonds is 7. The van der Waals surface area contributed by atoms with Crippen LogP contribution in [-0.4, -0.2) is 13.1 Å². The molecule has 2 aromatic carbocycles. The number of aryl methyl sites for hydroxylation is 1. The molecular formula is C18H25N. The first kappa shape index (κ1) is 14.1. The van der Waals surface area contributed by atoms with E-state index in [9.17, 15) is 0 Å². The molecular weight excluding hydrogens is 230 g/mol. The third-order valence-electron chi connectivity index (χ3n) is 3.48. The van der Waals surface area contributed by atoms with Crippen molar-refractivity contribution >= 4 is 10.8 Å². The lowest BCUT2D eigenvalue weighted by Gasteiger charge is -2.08. The van der Waals surface area contributed by atoms with E-state index in [1.165, 1.54) is 35.6 Å². The number of hydrogen-bond donors (Lipinski definition) is 1. The summed E-state index contributed by atoms with van der Waals surface area (Å²) in [5.74, 6) is 0.748. The number of benzene rings is 2. The van der Waals surface area contributed by atoms with Gasteiger partial charge in [0, 0.05) is 0 Å². The van der Waals surface area contributed by atoms with Gasteiger partial charge >= 0.3 is 0 Å². The minimum atomic E-state index is 0.748. The third-order valence-corrected chi connectivity index (χ3v) is 3.48. The Hall–Kier alpha value is -1.34. The molecule has 0 aliphatic rings. The lowest BCUT2D eigenvalue weighted by Crippen LogP contribution is -2.20. The number of hydrogen-bond acceptors (Lipinski definition) is 1. The standard InChI is InChI=1S/C18H25N/c1-15(2)14-19-13-6-5-9-17-11-7-10-16-8-3-4-12-18(16)17/h3-4,7-8,10-12,15,19H,5-6,9,13-14H2,1-2H3. The molecule has 1 nitrogen and oxygen atoms in total. The van der Waals surface area contributed by atoms with Crippen LogP contribution < -0.4 is 5.32 Å². The summed E-state index contributed by atoms with van der Waals surface area (Å²) in [5.41, 5.74) is 1.49. The second-order valence-corrected chi connectivity index (χ2v) is 5.69. The van der Waals surface area contributed by atoms with Crippen molar-refractivity contribution in [1.82, 2.24) is 5.32 Å². The first-order valence-electron chi connectivity index (χ1n) is 7.44. The molecule has 0 unspecified atom stereocenters. The lowest BCUT2D eigenvalue weighted by molar-refractivity contribution is 0.536. The Kier molecular flexibility index (Phi) is 5.41. The molecule has 0 saturated carbocycles. The molecule has 19 heavy (non-hydrogen) atoms. The zero-order valence-corrected chi connectivity index (χ0v) is 12.2. The fourth-order valence-corrected chi connectivity index (χ4v) is 2.47. The smallest absolute Gasteiger partial charge is 0.00258 e. The van der Waals surface area contributed by atoms with Crippen LogP contribution in [-0.2, 0) is 6.42 Å². The molecule has 0 aromatic heterocycles. The van der Waals surface area contributed by atoms with Crippen molar-refractivity contribution in [2.45, 2.75) is 33.1 Å². The minimum Gasteiger partial charge on any atom is -0.316 e. The normalized spacial score (nSPS) is 11.3. The van der Waals surface area contributed by atoms with Gasteiger partial charge in [-0.15, -0.1) is 0 Å². The number of fused-ring (bicyclic) bond motifs is 1. The number of nitrogens with one attached hydrogen (secondary N) is 1. The summed E-state index contributed by atoms with van der Waals surface area (Å²) in [6, 6.07) is 15.3. The van der Waals surface area contributed by atoms with E-state index in [4.69, 9.17) is 0 Å². The molecule has 2 aromatic rings. The summed E-state index contributed by atoms with van der Waals surface area (Å²) in [7, 11) is 0. The largest absolute Gasteiger partial charge is 0.316 e. The Labute approximate surface area is 117 Å². The Morgan fingerprint density at radius 3 is 2.58 bits per heavy atom. The van der Waals surface area contributed by atoms with E-state index in [1.807, 2.05) is 0 Å². The molecule has 0 atom stereocenters. The summed E-state index contributed by atoms with van der Waals surface area (Å²) >= 11 is 0. The van der Waals surface area contributed by atoms with Crippen molar-refractivity contribution < 1.29 is 0 Å². The molecule has 102 valence electrons. The second kappa shape index (κ2) is 7.30. The summed E-state index contributed by atoms with van der Waals surface area (Å²) in [6.07, 6.45) is 3.71. The Morgan fingerprint density at radius 1 is 0.947 bits per heavy atom. The number of unbranched alkanes of at least 4 members (excludes halogenated alkanes) is 1. The van der Waals surface area contributed by atoms with Gasteiger partial charge in [0.1, 0.15) is 0 Å². The third kappa shape index (κ3) is 4.36. The quantitative estimate of drug-likeness (QED) is 0.723. The van der Waals surface area contributed by atoms with Gasteiger partial charge in [0.15, 0.2) is 0 Å². The average molecular weight is 255 g/mol. The molecule has 0 fully saturated rings. The van der Waals surface area contributed by atoms with Gasteiger partial charge in [0.25, 0.3) is 0 Å². The van der Waals surface area contributed by atoms with Gasteiger partial charge in [0.05, 0.1) is 0 Å². The highest BCUT2D eigenvalue weighted by atomic mass is 14.8. The van der Waals surface area contributed by atoms with Crippen LogP contribution in [0.5, 0.6) is 0 Å². The van der Waals surface area contributed by atoms with Gasteiger partial charge in [-0.1, -0.05) is 56.3 Å². The van der Waals surface area contributed by atoms with Crippen LogP contribution in [0.25, 0.3) is 10.8 Å². The fraction of sp³-hybridized carbons (Fsp3) is 0.444. The maximum Gasteiger partial charge on any atom is -0.00258 e. The Bertz CT molecular complexity index is 497. The maximum atomic E-state index is 3.51. The highest BCUT2D eigenvalue weighted by Gasteiger charge is 2.00. The van der Waals surface area contributed by atoms with Crippen LogP contribution in [0.3, 0.4) is 0 Å². The Morgan fingerprint density at radius 2 is 1.74 bits per heavy atom. The molecule has 1 heteroatoms. The van der Waals surface area contributed by atoms with Crippen molar-refractivity contribution in [3.63, 3.8) is 0 Å². The summed E-state index contributed by atoms with van der Waals surface area (Å²) in [5, 5.41) is 6.28. The van der Waals surface area contributed by atoms with Crippen LogP contribution in [0.2, 0.25) is 0 Å². The molecule has 0 bridgehead atoms. The van der Waals surface area contributed by atoms with E-state index in [1.54, 1.807) is 0 Å². The van der Waals surface area contributed by atoms with Crippen LogP contribution in [0.4, 0.5) is 0 Å². The predicted molar refractivity (Wildman–Crippen MR) is 84.6 cm³/mol. The monoisotopic (exact) mass is 255 g/mol. The predicted octanol–water partition coefficient (Wildman–Crippen LogP) is 4.41.